The zero-order valence-corrected chi connectivity index (χ0v) is 12.6. The van der Waals surface area contributed by atoms with Crippen molar-refractivity contribution in [1.82, 2.24) is 20.4 Å². The second kappa shape index (κ2) is 6.68. The summed E-state index contributed by atoms with van der Waals surface area (Å²) >= 11 is 0. The maximum Gasteiger partial charge on any atom is 0.317 e. The van der Waals surface area contributed by atoms with Gasteiger partial charge in [0.2, 0.25) is 0 Å². The van der Waals surface area contributed by atoms with Gasteiger partial charge in [0.25, 0.3) is 0 Å². The van der Waals surface area contributed by atoms with Crippen molar-refractivity contribution in [2.24, 2.45) is 0 Å². The molecule has 6 nitrogen and oxygen atoms in total. The molecule has 0 bridgehead atoms. The van der Waals surface area contributed by atoms with Crippen LogP contribution in [0.3, 0.4) is 0 Å². The van der Waals surface area contributed by atoms with E-state index in [9.17, 15) is 9.59 Å². The number of carbonyl (C=O) groups is 2. The van der Waals surface area contributed by atoms with Gasteiger partial charge in [0.15, 0.2) is 0 Å². The summed E-state index contributed by atoms with van der Waals surface area (Å²) in [5.41, 5.74) is 1.09. The van der Waals surface area contributed by atoms with E-state index >= 15 is 0 Å². The van der Waals surface area contributed by atoms with Crippen LogP contribution in [0.5, 0.6) is 0 Å². The van der Waals surface area contributed by atoms with Gasteiger partial charge in [0, 0.05) is 32.7 Å². The number of carbonyl (C=O) groups excluding carboxylic acids is 2. The molecule has 2 aliphatic rings. The zero-order chi connectivity index (χ0) is 15.4. The van der Waals surface area contributed by atoms with Crippen LogP contribution < -0.4 is 10.6 Å². The van der Waals surface area contributed by atoms with Crippen LogP contribution in [0, 0.1) is 0 Å². The van der Waals surface area contributed by atoms with Crippen LogP contribution >= 0.6 is 0 Å². The summed E-state index contributed by atoms with van der Waals surface area (Å²) in [5, 5.41) is 5.78. The Bertz CT molecular complexity index is 534. The molecule has 1 aromatic rings. The Morgan fingerprint density at radius 1 is 1.27 bits per heavy atom. The first kappa shape index (κ1) is 14.7. The van der Waals surface area contributed by atoms with Crippen molar-refractivity contribution in [1.29, 1.82) is 0 Å². The van der Waals surface area contributed by atoms with Gasteiger partial charge >= 0.3 is 12.1 Å². The SMILES string of the molecule is O=C(NCc1ccccc1)N1CCC[C@@H](N2CCNC2=O)C1. The van der Waals surface area contributed by atoms with E-state index in [0.717, 1.165) is 31.5 Å². The van der Waals surface area contributed by atoms with E-state index in [-0.39, 0.29) is 18.1 Å². The number of hydrogen-bond donors (Lipinski definition) is 2. The molecule has 6 heteroatoms. The van der Waals surface area contributed by atoms with Crippen LogP contribution in [-0.2, 0) is 6.54 Å². The van der Waals surface area contributed by atoms with E-state index in [0.29, 0.717) is 19.6 Å². The second-order valence-electron chi connectivity index (χ2n) is 5.81. The molecule has 2 saturated heterocycles. The largest absolute Gasteiger partial charge is 0.336 e. The molecule has 0 saturated carbocycles. The number of likely N-dealkylation sites (tertiary alicyclic amines) is 1. The lowest BCUT2D eigenvalue weighted by molar-refractivity contribution is 0.132. The molecule has 22 heavy (non-hydrogen) atoms. The minimum atomic E-state index is -0.0480. The first-order chi connectivity index (χ1) is 10.7. The summed E-state index contributed by atoms with van der Waals surface area (Å²) in [6.45, 7) is 3.35. The van der Waals surface area contributed by atoms with Gasteiger partial charge in [-0.3, -0.25) is 0 Å². The smallest absolute Gasteiger partial charge is 0.317 e. The topological polar surface area (TPSA) is 64.7 Å². The van der Waals surface area contributed by atoms with Crippen molar-refractivity contribution in [2.75, 3.05) is 26.2 Å². The summed E-state index contributed by atoms with van der Waals surface area (Å²) in [7, 11) is 0. The fraction of sp³-hybridized carbons (Fsp3) is 0.500. The number of urea groups is 2. The molecule has 4 amide bonds. The molecule has 2 fully saturated rings. The minimum absolute atomic E-state index is 0.00320. The highest BCUT2D eigenvalue weighted by Gasteiger charge is 2.32. The molecule has 1 aromatic carbocycles. The number of rotatable bonds is 3. The minimum Gasteiger partial charge on any atom is -0.336 e. The lowest BCUT2D eigenvalue weighted by atomic mass is 10.0. The zero-order valence-electron chi connectivity index (χ0n) is 12.6. The Balaban J connectivity index is 1.53. The third kappa shape index (κ3) is 3.32. The third-order valence-corrected chi connectivity index (χ3v) is 4.30. The number of hydrogen-bond acceptors (Lipinski definition) is 2. The molecule has 3 rings (SSSR count). The fourth-order valence-corrected chi connectivity index (χ4v) is 3.11. The normalized spacial score (nSPS) is 21.6. The van der Waals surface area contributed by atoms with Gasteiger partial charge in [-0.15, -0.1) is 0 Å². The molecule has 0 aliphatic carbocycles. The average molecular weight is 302 g/mol. The summed E-state index contributed by atoms with van der Waals surface area (Å²) in [4.78, 5) is 27.7. The Labute approximate surface area is 130 Å². The molecule has 1 atom stereocenters. The van der Waals surface area contributed by atoms with Gasteiger partial charge in [-0.25, -0.2) is 9.59 Å². The van der Waals surface area contributed by atoms with E-state index in [1.54, 1.807) is 0 Å². The van der Waals surface area contributed by atoms with Gasteiger partial charge in [-0.1, -0.05) is 30.3 Å². The Morgan fingerprint density at radius 3 is 2.82 bits per heavy atom. The van der Waals surface area contributed by atoms with E-state index in [2.05, 4.69) is 10.6 Å². The molecule has 2 aliphatic heterocycles. The van der Waals surface area contributed by atoms with Crippen molar-refractivity contribution < 1.29 is 9.59 Å². The fourth-order valence-electron chi connectivity index (χ4n) is 3.11. The summed E-state index contributed by atoms with van der Waals surface area (Å²) in [5.74, 6) is 0. The number of benzene rings is 1. The van der Waals surface area contributed by atoms with E-state index in [1.807, 2.05) is 40.1 Å². The quantitative estimate of drug-likeness (QED) is 0.886. The van der Waals surface area contributed by atoms with E-state index in [4.69, 9.17) is 0 Å². The van der Waals surface area contributed by atoms with Gasteiger partial charge in [0.05, 0.1) is 6.04 Å². The highest BCUT2D eigenvalue weighted by Crippen LogP contribution is 2.17. The van der Waals surface area contributed by atoms with Crippen molar-refractivity contribution in [2.45, 2.75) is 25.4 Å². The average Bonchev–Trinajstić information content (AvgIpc) is 3.00. The van der Waals surface area contributed by atoms with Gasteiger partial charge in [-0.2, -0.15) is 0 Å². The number of nitrogens with one attached hydrogen (secondary N) is 2. The van der Waals surface area contributed by atoms with Gasteiger partial charge in [0.1, 0.15) is 0 Å². The van der Waals surface area contributed by atoms with Crippen LogP contribution in [0.1, 0.15) is 18.4 Å². The number of nitrogens with zero attached hydrogens (tertiary/aromatic N) is 2. The number of piperidine rings is 1. The van der Waals surface area contributed by atoms with Crippen LogP contribution in [0.15, 0.2) is 30.3 Å². The lowest BCUT2D eigenvalue weighted by Gasteiger charge is -2.37. The predicted octanol–water partition coefficient (Wildman–Crippen LogP) is 1.39. The lowest BCUT2D eigenvalue weighted by Crippen LogP contribution is -2.52. The van der Waals surface area contributed by atoms with Crippen LogP contribution in [0.2, 0.25) is 0 Å². The molecular weight excluding hydrogens is 280 g/mol. The molecule has 0 unspecified atom stereocenters. The first-order valence-electron chi connectivity index (χ1n) is 7.85. The molecule has 2 N–H and O–H groups in total. The predicted molar refractivity (Wildman–Crippen MR) is 83.4 cm³/mol. The number of amides is 4. The molecular formula is C16H22N4O2. The van der Waals surface area contributed by atoms with Gasteiger partial charge in [-0.05, 0) is 18.4 Å². The van der Waals surface area contributed by atoms with Crippen molar-refractivity contribution in [3.8, 4) is 0 Å². The summed E-state index contributed by atoms with van der Waals surface area (Å²) < 4.78 is 0. The Morgan fingerprint density at radius 2 is 2.09 bits per heavy atom. The summed E-state index contributed by atoms with van der Waals surface area (Å²) in [6.07, 6.45) is 1.91. The summed E-state index contributed by atoms with van der Waals surface area (Å²) in [6, 6.07) is 9.96. The maximum absolute atomic E-state index is 12.3. The molecule has 0 radical (unpaired) electrons. The third-order valence-electron chi connectivity index (χ3n) is 4.30. The van der Waals surface area contributed by atoms with Crippen molar-refractivity contribution in [3.63, 3.8) is 0 Å². The van der Waals surface area contributed by atoms with Gasteiger partial charge < -0.3 is 20.4 Å². The Kier molecular flexibility index (Phi) is 4.46. The van der Waals surface area contributed by atoms with Crippen molar-refractivity contribution >= 4 is 12.1 Å². The van der Waals surface area contributed by atoms with Crippen LogP contribution in [0.4, 0.5) is 9.59 Å². The van der Waals surface area contributed by atoms with E-state index < -0.39 is 0 Å². The maximum atomic E-state index is 12.3. The van der Waals surface area contributed by atoms with Crippen molar-refractivity contribution in [3.05, 3.63) is 35.9 Å². The Hall–Kier alpha value is -2.24. The first-order valence-corrected chi connectivity index (χ1v) is 7.85. The molecule has 0 aromatic heterocycles. The molecule has 118 valence electrons. The highest BCUT2D eigenvalue weighted by atomic mass is 16.2. The van der Waals surface area contributed by atoms with Crippen LogP contribution in [0.25, 0.3) is 0 Å². The molecule has 2 heterocycles. The monoisotopic (exact) mass is 302 g/mol. The van der Waals surface area contributed by atoms with E-state index in [1.165, 1.54) is 0 Å². The van der Waals surface area contributed by atoms with Crippen LogP contribution in [-0.4, -0.2) is 54.1 Å². The second-order valence-corrected chi connectivity index (χ2v) is 5.81. The highest BCUT2D eigenvalue weighted by molar-refractivity contribution is 5.77. The standard InChI is InChI=1S/C16H22N4O2/c21-15(18-11-13-5-2-1-3-6-13)19-9-4-7-14(12-19)20-10-8-17-16(20)22/h1-3,5-6,14H,4,7-12H2,(H,17,22)(H,18,21)/t14-/m1/s1. The molecule has 0 spiro atoms.